The van der Waals surface area contributed by atoms with Crippen LogP contribution in [0.2, 0.25) is 0 Å². The average Bonchev–Trinajstić information content (AvgIpc) is 2.95. The molecule has 0 aliphatic carbocycles. The number of benzene rings is 2. The Hall–Kier alpha value is -2.35. The molecule has 1 saturated heterocycles. The summed E-state index contributed by atoms with van der Waals surface area (Å²) >= 11 is 1.13. The fourth-order valence-electron chi connectivity index (χ4n) is 3.33. The van der Waals surface area contributed by atoms with E-state index in [2.05, 4.69) is 9.62 Å². The number of anilines is 2. The minimum absolute atomic E-state index is 0.136. The Morgan fingerprint density at radius 3 is 2.38 bits per heavy atom. The molecule has 0 atom stereocenters. The molecule has 0 bridgehead atoms. The number of carboxylic acids is 1. The van der Waals surface area contributed by atoms with E-state index in [9.17, 15) is 23.1 Å². The van der Waals surface area contributed by atoms with Crippen molar-refractivity contribution in [2.45, 2.75) is 43.7 Å². The second-order valence-corrected chi connectivity index (χ2v) is 7.97. The van der Waals surface area contributed by atoms with Crippen molar-refractivity contribution in [3.8, 4) is 0 Å². The Morgan fingerprint density at radius 1 is 1.07 bits per heavy atom. The second kappa shape index (κ2) is 8.98. The van der Waals surface area contributed by atoms with Crippen LogP contribution in [0.5, 0.6) is 0 Å². The summed E-state index contributed by atoms with van der Waals surface area (Å²) in [5.74, 6) is -1.05. The minimum Gasteiger partial charge on any atom is -0.478 e. The van der Waals surface area contributed by atoms with Gasteiger partial charge in [0.25, 0.3) is 0 Å². The molecule has 0 aromatic heterocycles. The summed E-state index contributed by atoms with van der Waals surface area (Å²) in [7, 11) is 0. The van der Waals surface area contributed by atoms with Crippen LogP contribution in [0.3, 0.4) is 0 Å². The van der Waals surface area contributed by atoms with Gasteiger partial charge in [0.15, 0.2) is 0 Å². The normalized spacial score (nSPS) is 15.1. The van der Waals surface area contributed by atoms with Gasteiger partial charge in [-0.3, -0.25) is 0 Å². The lowest BCUT2D eigenvalue weighted by Gasteiger charge is -2.26. The van der Waals surface area contributed by atoms with Gasteiger partial charge in [0.1, 0.15) is 0 Å². The number of hydrogen-bond acceptors (Lipinski definition) is 4. The molecule has 1 aliphatic heterocycles. The molecular weight excluding hydrogens is 401 g/mol. The zero-order chi connectivity index (χ0) is 21.0. The second-order valence-electron chi connectivity index (χ2n) is 7.12. The number of alkyl halides is 3. The van der Waals surface area contributed by atoms with Crippen LogP contribution in [-0.2, 0) is 6.18 Å². The van der Waals surface area contributed by atoms with Crippen LogP contribution in [0, 0.1) is 6.92 Å². The fraction of sp³-hybridized carbons (Fsp3) is 0.381. The van der Waals surface area contributed by atoms with Gasteiger partial charge < -0.3 is 14.7 Å². The van der Waals surface area contributed by atoms with Crippen molar-refractivity contribution in [2.24, 2.45) is 0 Å². The number of carboxylic acid groups (broad SMARTS) is 1. The van der Waals surface area contributed by atoms with E-state index in [0.29, 0.717) is 10.6 Å². The van der Waals surface area contributed by atoms with E-state index in [1.54, 1.807) is 6.07 Å². The molecule has 3 rings (SSSR count). The van der Waals surface area contributed by atoms with Crippen molar-refractivity contribution in [3.63, 3.8) is 0 Å². The molecule has 1 aliphatic rings. The van der Waals surface area contributed by atoms with Gasteiger partial charge in [-0.1, -0.05) is 18.9 Å². The lowest BCUT2D eigenvalue weighted by Crippen LogP contribution is -2.24. The summed E-state index contributed by atoms with van der Waals surface area (Å²) in [5.41, 5.74) is 1.38. The quantitative estimate of drug-likeness (QED) is 0.559. The molecule has 156 valence electrons. The summed E-state index contributed by atoms with van der Waals surface area (Å²) in [6.07, 6.45) is -0.177. The topological polar surface area (TPSA) is 52.6 Å². The number of carbonyl (C=O) groups is 1. The third-order valence-electron chi connectivity index (χ3n) is 4.98. The first-order valence-electron chi connectivity index (χ1n) is 9.49. The molecule has 1 fully saturated rings. The van der Waals surface area contributed by atoms with Gasteiger partial charge in [0, 0.05) is 18.0 Å². The Morgan fingerprint density at radius 2 is 1.76 bits per heavy atom. The minimum atomic E-state index is -4.43. The standard InChI is InChI=1S/C21H23F3N2O2S/c1-14-6-7-15(20(27)28)12-19(14)29-25-17-13-16(21(22,23)24)8-9-18(17)26-10-4-2-3-5-11-26/h6-9,12-13,25H,2-5,10-11H2,1H3,(H,27,28). The van der Waals surface area contributed by atoms with Crippen molar-refractivity contribution in [2.75, 3.05) is 22.7 Å². The van der Waals surface area contributed by atoms with Gasteiger partial charge in [0.2, 0.25) is 0 Å². The van der Waals surface area contributed by atoms with Crippen LogP contribution in [-0.4, -0.2) is 24.2 Å². The van der Waals surface area contributed by atoms with E-state index in [-0.39, 0.29) is 5.56 Å². The van der Waals surface area contributed by atoms with Gasteiger partial charge >= 0.3 is 12.1 Å². The molecule has 2 aromatic rings. The van der Waals surface area contributed by atoms with Gasteiger partial charge in [-0.25, -0.2) is 4.79 Å². The van der Waals surface area contributed by atoms with Crippen molar-refractivity contribution in [1.29, 1.82) is 0 Å². The van der Waals surface area contributed by atoms with E-state index in [1.165, 1.54) is 18.2 Å². The van der Waals surface area contributed by atoms with E-state index < -0.39 is 17.7 Å². The number of nitrogens with zero attached hydrogens (tertiary/aromatic N) is 1. The van der Waals surface area contributed by atoms with E-state index in [4.69, 9.17) is 0 Å². The first-order chi connectivity index (χ1) is 13.8. The molecule has 0 amide bonds. The van der Waals surface area contributed by atoms with Crippen LogP contribution < -0.4 is 9.62 Å². The van der Waals surface area contributed by atoms with Gasteiger partial charge in [-0.15, -0.1) is 0 Å². The molecule has 0 spiro atoms. The summed E-state index contributed by atoms with van der Waals surface area (Å²) < 4.78 is 42.8. The lowest BCUT2D eigenvalue weighted by atomic mass is 10.1. The molecule has 2 aromatic carbocycles. The molecule has 0 saturated carbocycles. The maximum atomic E-state index is 13.3. The molecule has 1 heterocycles. The molecular formula is C21H23F3N2O2S. The number of aryl methyl sites for hydroxylation is 1. The third-order valence-corrected chi connectivity index (χ3v) is 5.96. The van der Waals surface area contributed by atoms with Gasteiger partial charge in [0.05, 0.1) is 22.5 Å². The predicted octanol–water partition coefficient (Wildman–Crippen LogP) is 6.21. The van der Waals surface area contributed by atoms with Gasteiger partial charge in [-0.2, -0.15) is 13.2 Å². The van der Waals surface area contributed by atoms with Gasteiger partial charge in [-0.05, 0) is 67.6 Å². The van der Waals surface area contributed by atoms with Crippen molar-refractivity contribution >= 4 is 29.3 Å². The SMILES string of the molecule is Cc1ccc(C(=O)O)cc1SNc1cc(C(F)(F)F)ccc1N1CCCCCC1. The zero-order valence-corrected chi connectivity index (χ0v) is 16.9. The zero-order valence-electron chi connectivity index (χ0n) is 16.1. The Bertz CT molecular complexity index is 879. The average molecular weight is 424 g/mol. The largest absolute Gasteiger partial charge is 0.478 e. The van der Waals surface area contributed by atoms with Crippen LogP contribution in [0.1, 0.15) is 47.2 Å². The maximum Gasteiger partial charge on any atom is 0.416 e. The monoisotopic (exact) mass is 424 g/mol. The third kappa shape index (κ3) is 5.38. The summed E-state index contributed by atoms with van der Waals surface area (Å²) in [6.45, 7) is 3.44. The smallest absolute Gasteiger partial charge is 0.416 e. The number of nitrogens with one attached hydrogen (secondary N) is 1. The number of halogens is 3. The molecule has 4 nitrogen and oxygen atoms in total. The number of hydrogen-bond donors (Lipinski definition) is 2. The van der Waals surface area contributed by atoms with E-state index in [0.717, 1.165) is 74.1 Å². The highest BCUT2D eigenvalue weighted by Gasteiger charge is 2.31. The number of rotatable bonds is 5. The molecule has 8 heteroatoms. The highest BCUT2D eigenvalue weighted by molar-refractivity contribution is 8.00. The lowest BCUT2D eigenvalue weighted by molar-refractivity contribution is -0.137. The van der Waals surface area contributed by atoms with E-state index in [1.807, 2.05) is 6.92 Å². The highest BCUT2D eigenvalue weighted by atomic mass is 32.2. The first kappa shape index (κ1) is 21.4. The van der Waals surface area contributed by atoms with Crippen LogP contribution in [0.15, 0.2) is 41.3 Å². The summed E-state index contributed by atoms with van der Waals surface area (Å²) in [4.78, 5) is 14.0. The predicted molar refractivity (Wildman–Crippen MR) is 110 cm³/mol. The molecule has 29 heavy (non-hydrogen) atoms. The van der Waals surface area contributed by atoms with Crippen molar-refractivity contribution < 1.29 is 23.1 Å². The first-order valence-corrected chi connectivity index (χ1v) is 10.3. The fourth-order valence-corrected chi connectivity index (χ4v) is 4.13. The maximum absolute atomic E-state index is 13.3. The Balaban J connectivity index is 1.91. The van der Waals surface area contributed by atoms with Crippen molar-refractivity contribution in [1.82, 2.24) is 0 Å². The summed E-state index contributed by atoms with van der Waals surface area (Å²) in [5, 5.41) is 9.19. The Kier molecular flexibility index (Phi) is 6.62. The molecule has 0 radical (unpaired) electrons. The molecule has 2 N–H and O–H groups in total. The van der Waals surface area contributed by atoms with Crippen molar-refractivity contribution in [3.05, 3.63) is 53.1 Å². The van der Waals surface area contributed by atoms with Crippen LogP contribution in [0.25, 0.3) is 0 Å². The summed E-state index contributed by atoms with van der Waals surface area (Å²) in [6, 6.07) is 8.49. The van der Waals surface area contributed by atoms with Crippen LogP contribution >= 0.6 is 11.9 Å². The Labute approximate surface area is 172 Å². The van der Waals surface area contributed by atoms with E-state index >= 15 is 0 Å². The number of aromatic carboxylic acids is 1. The van der Waals surface area contributed by atoms with Crippen LogP contribution in [0.4, 0.5) is 24.5 Å². The molecule has 0 unspecified atom stereocenters. The highest BCUT2D eigenvalue weighted by Crippen LogP contribution is 2.38.